The highest BCUT2D eigenvalue weighted by molar-refractivity contribution is 5.48. The Kier molecular flexibility index (Phi) is 5.93. The van der Waals surface area contributed by atoms with Gasteiger partial charge in [-0.2, -0.15) is 0 Å². The lowest BCUT2D eigenvalue weighted by atomic mass is 10.1. The van der Waals surface area contributed by atoms with Gasteiger partial charge in [0.05, 0.1) is 6.61 Å². The fourth-order valence-corrected chi connectivity index (χ4v) is 2.02. The minimum absolute atomic E-state index is 0.627. The molecule has 0 heterocycles. The Morgan fingerprint density at radius 3 is 2.65 bits per heavy atom. The molecule has 3 N–H and O–H groups in total. The molecule has 0 aliphatic carbocycles. The van der Waals surface area contributed by atoms with Crippen LogP contribution in [0.5, 0.6) is 5.75 Å². The van der Waals surface area contributed by atoms with Gasteiger partial charge in [-0.25, -0.2) is 0 Å². The maximum atomic E-state index is 5.78. The standard InChI is InChI=1S/C17H22N2O/c18-11-12-19-16-9-4-10-17(14-16)20-13-5-8-15-6-2-1-3-7-15/h1-4,6-7,9-10,14,19H,5,8,11-13,18H2. The summed E-state index contributed by atoms with van der Waals surface area (Å²) < 4.78 is 5.78. The third-order valence-corrected chi connectivity index (χ3v) is 3.03. The molecule has 3 heteroatoms. The Labute approximate surface area is 120 Å². The van der Waals surface area contributed by atoms with Gasteiger partial charge in [-0.3, -0.25) is 0 Å². The summed E-state index contributed by atoms with van der Waals surface area (Å²) in [6, 6.07) is 18.5. The van der Waals surface area contributed by atoms with Gasteiger partial charge < -0.3 is 15.8 Å². The van der Waals surface area contributed by atoms with Gasteiger partial charge >= 0.3 is 0 Å². The average Bonchev–Trinajstić information content (AvgIpc) is 2.51. The second-order valence-corrected chi connectivity index (χ2v) is 4.68. The molecule has 0 saturated carbocycles. The average molecular weight is 270 g/mol. The van der Waals surface area contributed by atoms with Crippen molar-refractivity contribution in [3.63, 3.8) is 0 Å². The van der Waals surface area contributed by atoms with Gasteiger partial charge in [0.25, 0.3) is 0 Å². The number of ether oxygens (including phenoxy) is 1. The van der Waals surface area contributed by atoms with Crippen LogP contribution < -0.4 is 15.8 Å². The Morgan fingerprint density at radius 2 is 1.85 bits per heavy atom. The van der Waals surface area contributed by atoms with Crippen molar-refractivity contribution in [3.05, 3.63) is 60.2 Å². The van der Waals surface area contributed by atoms with Crippen LogP contribution in [0, 0.1) is 0 Å². The maximum absolute atomic E-state index is 5.78. The summed E-state index contributed by atoms with van der Waals surface area (Å²) in [7, 11) is 0. The number of nitrogens with two attached hydrogens (primary N) is 1. The number of aryl methyl sites for hydroxylation is 1. The van der Waals surface area contributed by atoms with E-state index >= 15 is 0 Å². The van der Waals surface area contributed by atoms with Gasteiger partial charge in [0.2, 0.25) is 0 Å². The van der Waals surface area contributed by atoms with Crippen molar-refractivity contribution in [1.29, 1.82) is 0 Å². The number of benzene rings is 2. The van der Waals surface area contributed by atoms with Gasteiger partial charge in [-0.05, 0) is 30.5 Å². The summed E-state index contributed by atoms with van der Waals surface area (Å²) in [5.41, 5.74) is 7.88. The Hall–Kier alpha value is -2.00. The van der Waals surface area contributed by atoms with E-state index in [2.05, 4.69) is 29.6 Å². The van der Waals surface area contributed by atoms with E-state index in [1.165, 1.54) is 5.56 Å². The predicted molar refractivity (Wildman–Crippen MR) is 84.2 cm³/mol. The topological polar surface area (TPSA) is 47.3 Å². The lowest BCUT2D eigenvalue weighted by Gasteiger charge is -2.09. The minimum Gasteiger partial charge on any atom is -0.494 e. The van der Waals surface area contributed by atoms with Crippen molar-refractivity contribution in [1.82, 2.24) is 0 Å². The van der Waals surface area contributed by atoms with Crippen LogP contribution >= 0.6 is 0 Å². The van der Waals surface area contributed by atoms with Crippen molar-refractivity contribution in [2.45, 2.75) is 12.8 Å². The van der Waals surface area contributed by atoms with E-state index in [4.69, 9.17) is 10.5 Å². The van der Waals surface area contributed by atoms with Crippen LogP contribution in [0.4, 0.5) is 5.69 Å². The van der Waals surface area contributed by atoms with Crippen LogP contribution in [0.25, 0.3) is 0 Å². The van der Waals surface area contributed by atoms with Gasteiger partial charge in [0.15, 0.2) is 0 Å². The normalized spacial score (nSPS) is 10.2. The summed E-state index contributed by atoms with van der Waals surface area (Å²) in [5, 5.41) is 3.25. The molecule has 3 nitrogen and oxygen atoms in total. The quantitative estimate of drug-likeness (QED) is 0.725. The summed E-state index contributed by atoms with van der Waals surface area (Å²) in [6.45, 7) is 2.13. The fourth-order valence-electron chi connectivity index (χ4n) is 2.02. The first kappa shape index (κ1) is 14.4. The number of rotatable bonds is 8. The highest BCUT2D eigenvalue weighted by Gasteiger charge is 1.97. The van der Waals surface area contributed by atoms with E-state index in [0.717, 1.165) is 37.4 Å². The zero-order valence-electron chi connectivity index (χ0n) is 11.7. The third kappa shape index (κ3) is 4.94. The lowest BCUT2D eigenvalue weighted by Crippen LogP contribution is -2.13. The number of hydrogen-bond acceptors (Lipinski definition) is 3. The van der Waals surface area contributed by atoms with Crippen LogP contribution in [0.3, 0.4) is 0 Å². The van der Waals surface area contributed by atoms with E-state index < -0.39 is 0 Å². The molecule has 0 radical (unpaired) electrons. The number of nitrogens with one attached hydrogen (secondary N) is 1. The van der Waals surface area contributed by atoms with E-state index in [-0.39, 0.29) is 0 Å². The van der Waals surface area contributed by atoms with Crippen molar-refractivity contribution in [2.24, 2.45) is 5.73 Å². The van der Waals surface area contributed by atoms with Crippen LogP contribution in [-0.2, 0) is 6.42 Å². The van der Waals surface area contributed by atoms with Crippen molar-refractivity contribution < 1.29 is 4.74 Å². The minimum atomic E-state index is 0.627. The molecule has 20 heavy (non-hydrogen) atoms. The molecular formula is C17H22N2O. The van der Waals surface area contributed by atoms with Crippen LogP contribution in [0.1, 0.15) is 12.0 Å². The maximum Gasteiger partial charge on any atom is 0.121 e. The van der Waals surface area contributed by atoms with Gasteiger partial charge in [-0.1, -0.05) is 36.4 Å². The first-order chi connectivity index (χ1) is 9.88. The van der Waals surface area contributed by atoms with Gasteiger partial charge in [-0.15, -0.1) is 0 Å². The Balaban J connectivity index is 1.73. The molecule has 106 valence electrons. The van der Waals surface area contributed by atoms with E-state index in [1.807, 2.05) is 30.3 Å². The van der Waals surface area contributed by atoms with E-state index in [9.17, 15) is 0 Å². The first-order valence-corrected chi connectivity index (χ1v) is 7.09. The molecule has 0 aliphatic rings. The molecule has 2 aromatic carbocycles. The van der Waals surface area contributed by atoms with Gasteiger partial charge in [0.1, 0.15) is 5.75 Å². The molecule has 0 spiro atoms. The van der Waals surface area contributed by atoms with Crippen LogP contribution in [-0.4, -0.2) is 19.7 Å². The molecule has 0 bridgehead atoms. The second-order valence-electron chi connectivity index (χ2n) is 4.68. The van der Waals surface area contributed by atoms with Crippen LogP contribution in [0.2, 0.25) is 0 Å². The molecule has 0 fully saturated rings. The Morgan fingerprint density at radius 1 is 1.00 bits per heavy atom. The molecule has 0 aliphatic heterocycles. The number of anilines is 1. The van der Waals surface area contributed by atoms with Crippen molar-refractivity contribution >= 4 is 5.69 Å². The fraction of sp³-hybridized carbons (Fsp3) is 0.294. The zero-order chi connectivity index (χ0) is 14.0. The first-order valence-electron chi connectivity index (χ1n) is 7.09. The zero-order valence-corrected chi connectivity index (χ0v) is 11.7. The van der Waals surface area contributed by atoms with Crippen molar-refractivity contribution in [3.8, 4) is 5.75 Å². The van der Waals surface area contributed by atoms with E-state index in [0.29, 0.717) is 6.54 Å². The summed E-state index contributed by atoms with van der Waals surface area (Å²) in [6.07, 6.45) is 2.07. The monoisotopic (exact) mass is 270 g/mol. The van der Waals surface area contributed by atoms with Crippen molar-refractivity contribution in [2.75, 3.05) is 25.0 Å². The highest BCUT2D eigenvalue weighted by Crippen LogP contribution is 2.17. The number of hydrogen-bond donors (Lipinski definition) is 2. The predicted octanol–water partition coefficient (Wildman–Crippen LogP) is 3.07. The molecule has 0 aromatic heterocycles. The summed E-state index contributed by atoms with van der Waals surface area (Å²) >= 11 is 0. The third-order valence-electron chi connectivity index (χ3n) is 3.03. The molecule has 0 unspecified atom stereocenters. The van der Waals surface area contributed by atoms with E-state index in [1.54, 1.807) is 0 Å². The smallest absolute Gasteiger partial charge is 0.121 e. The molecule has 0 saturated heterocycles. The molecule has 0 atom stereocenters. The summed E-state index contributed by atoms with van der Waals surface area (Å²) in [4.78, 5) is 0. The molecule has 2 rings (SSSR count). The molecular weight excluding hydrogens is 248 g/mol. The Bertz CT molecular complexity index is 499. The van der Waals surface area contributed by atoms with Gasteiger partial charge in [0, 0.05) is 24.8 Å². The molecule has 0 amide bonds. The molecule has 2 aromatic rings. The summed E-state index contributed by atoms with van der Waals surface area (Å²) in [5.74, 6) is 0.903. The highest BCUT2D eigenvalue weighted by atomic mass is 16.5. The lowest BCUT2D eigenvalue weighted by molar-refractivity contribution is 0.311. The largest absolute Gasteiger partial charge is 0.494 e. The SMILES string of the molecule is NCCNc1cccc(OCCCc2ccccc2)c1. The van der Waals surface area contributed by atoms with Crippen LogP contribution in [0.15, 0.2) is 54.6 Å². The second kappa shape index (κ2) is 8.23.